The van der Waals surface area contributed by atoms with E-state index in [1.54, 1.807) is 43.5 Å². The lowest BCUT2D eigenvalue weighted by molar-refractivity contribution is -0.122. The zero-order chi connectivity index (χ0) is 23.1. The van der Waals surface area contributed by atoms with Crippen molar-refractivity contribution in [2.45, 2.75) is 45.1 Å². The fraction of sp³-hybridized carbons (Fsp3) is 0.478. The number of anilines is 2. The van der Waals surface area contributed by atoms with Gasteiger partial charge in [0.15, 0.2) is 11.6 Å². The third-order valence-electron chi connectivity index (χ3n) is 5.40. The van der Waals surface area contributed by atoms with Crippen molar-refractivity contribution in [3.63, 3.8) is 0 Å². The third kappa shape index (κ3) is 6.05. The van der Waals surface area contributed by atoms with Gasteiger partial charge in [0.1, 0.15) is 11.9 Å². The molecule has 3 rings (SSSR count). The second-order valence-corrected chi connectivity index (χ2v) is 7.82. The molecule has 0 bridgehead atoms. The SMILES string of the molecule is CCCNc1nccc(N2CCC(Oc3ccc(C(C)C(=O)NCC(F)F)cc3)C2)c1F. The van der Waals surface area contributed by atoms with Crippen LogP contribution in [-0.2, 0) is 4.79 Å². The molecule has 0 spiro atoms. The number of hydrogen-bond donors (Lipinski definition) is 2. The van der Waals surface area contributed by atoms with E-state index < -0.39 is 24.8 Å². The third-order valence-corrected chi connectivity index (χ3v) is 5.40. The van der Waals surface area contributed by atoms with Gasteiger partial charge in [0.25, 0.3) is 6.43 Å². The fourth-order valence-electron chi connectivity index (χ4n) is 3.60. The monoisotopic (exact) mass is 450 g/mol. The van der Waals surface area contributed by atoms with Crippen LogP contribution in [0.4, 0.5) is 24.7 Å². The van der Waals surface area contributed by atoms with E-state index in [1.165, 1.54) is 0 Å². The van der Waals surface area contributed by atoms with Crippen LogP contribution in [0.3, 0.4) is 0 Å². The van der Waals surface area contributed by atoms with Crippen molar-refractivity contribution in [3.8, 4) is 5.75 Å². The molecule has 174 valence electrons. The first-order valence-electron chi connectivity index (χ1n) is 10.8. The van der Waals surface area contributed by atoms with Crippen molar-refractivity contribution >= 4 is 17.4 Å². The number of benzene rings is 1. The second kappa shape index (κ2) is 11.1. The molecule has 9 heteroatoms. The van der Waals surface area contributed by atoms with Crippen molar-refractivity contribution in [3.05, 3.63) is 47.9 Å². The Morgan fingerprint density at radius 2 is 2.03 bits per heavy atom. The molecular weight excluding hydrogens is 421 g/mol. The van der Waals surface area contributed by atoms with Crippen LogP contribution in [0.5, 0.6) is 5.75 Å². The Morgan fingerprint density at radius 3 is 2.72 bits per heavy atom. The Kier molecular flexibility index (Phi) is 8.19. The Labute approximate surface area is 186 Å². The van der Waals surface area contributed by atoms with Gasteiger partial charge in [-0.1, -0.05) is 19.1 Å². The molecule has 0 saturated carbocycles. The lowest BCUT2D eigenvalue weighted by atomic mass is 10.0. The molecular formula is C23H29F3N4O2. The molecule has 1 aliphatic heterocycles. The van der Waals surface area contributed by atoms with Gasteiger partial charge < -0.3 is 20.3 Å². The van der Waals surface area contributed by atoms with E-state index in [0.29, 0.717) is 36.6 Å². The maximum atomic E-state index is 14.8. The van der Waals surface area contributed by atoms with Gasteiger partial charge in [-0.05, 0) is 37.1 Å². The van der Waals surface area contributed by atoms with E-state index in [-0.39, 0.29) is 17.7 Å². The molecule has 32 heavy (non-hydrogen) atoms. The number of carbonyl (C=O) groups is 1. The average molecular weight is 451 g/mol. The number of aromatic nitrogens is 1. The van der Waals surface area contributed by atoms with E-state index in [9.17, 15) is 18.0 Å². The molecule has 2 N–H and O–H groups in total. The van der Waals surface area contributed by atoms with Gasteiger partial charge in [-0.2, -0.15) is 0 Å². The number of amides is 1. The Bertz CT molecular complexity index is 895. The summed E-state index contributed by atoms with van der Waals surface area (Å²) in [6, 6.07) is 8.69. The standard InChI is InChI=1S/C23H29F3N4O2/c1-3-10-27-22-21(26)19(8-11-28-22)30-12-9-18(14-30)32-17-6-4-16(5-7-17)15(2)23(31)29-13-20(24)25/h4-8,11,15,18,20H,3,9-10,12-14H2,1-2H3,(H,27,28)(H,29,31). The highest BCUT2D eigenvalue weighted by Crippen LogP contribution is 2.29. The summed E-state index contributed by atoms with van der Waals surface area (Å²) >= 11 is 0. The second-order valence-electron chi connectivity index (χ2n) is 7.82. The van der Waals surface area contributed by atoms with Gasteiger partial charge in [0.05, 0.1) is 24.7 Å². The highest BCUT2D eigenvalue weighted by molar-refractivity contribution is 5.83. The van der Waals surface area contributed by atoms with E-state index in [1.807, 2.05) is 11.8 Å². The van der Waals surface area contributed by atoms with Crippen molar-refractivity contribution in [1.82, 2.24) is 10.3 Å². The molecule has 2 atom stereocenters. The molecule has 1 fully saturated rings. The van der Waals surface area contributed by atoms with Crippen LogP contribution in [0.25, 0.3) is 0 Å². The summed E-state index contributed by atoms with van der Waals surface area (Å²) in [6.45, 7) is 4.88. The first-order chi connectivity index (χ1) is 15.4. The van der Waals surface area contributed by atoms with Gasteiger partial charge in [0.2, 0.25) is 5.91 Å². The van der Waals surface area contributed by atoms with E-state index in [0.717, 1.165) is 12.8 Å². The number of nitrogens with one attached hydrogen (secondary N) is 2. The van der Waals surface area contributed by atoms with Gasteiger partial charge in [-0.25, -0.2) is 18.2 Å². The largest absolute Gasteiger partial charge is 0.489 e. The number of halogens is 3. The summed E-state index contributed by atoms with van der Waals surface area (Å²) < 4.78 is 45.4. The lowest BCUT2D eigenvalue weighted by Crippen LogP contribution is -2.31. The molecule has 2 aromatic rings. The van der Waals surface area contributed by atoms with Crippen molar-refractivity contribution in [2.24, 2.45) is 0 Å². The van der Waals surface area contributed by atoms with Gasteiger partial charge in [0, 0.05) is 25.7 Å². The zero-order valence-corrected chi connectivity index (χ0v) is 18.3. The summed E-state index contributed by atoms with van der Waals surface area (Å²) in [5.41, 5.74) is 1.21. The lowest BCUT2D eigenvalue weighted by Gasteiger charge is -2.21. The summed E-state index contributed by atoms with van der Waals surface area (Å²) in [7, 11) is 0. The normalized spacial score (nSPS) is 16.8. The average Bonchev–Trinajstić information content (AvgIpc) is 3.25. The molecule has 0 aliphatic carbocycles. The van der Waals surface area contributed by atoms with Crippen molar-refractivity contribution < 1.29 is 22.7 Å². The Balaban J connectivity index is 1.56. The van der Waals surface area contributed by atoms with Gasteiger partial charge >= 0.3 is 0 Å². The number of ether oxygens (including phenoxy) is 1. The topological polar surface area (TPSA) is 66.5 Å². The minimum absolute atomic E-state index is 0.104. The van der Waals surface area contributed by atoms with Gasteiger partial charge in [-0.3, -0.25) is 4.79 Å². The quantitative estimate of drug-likeness (QED) is 0.568. The van der Waals surface area contributed by atoms with Crippen LogP contribution in [0.15, 0.2) is 36.5 Å². The highest BCUT2D eigenvalue weighted by atomic mass is 19.3. The van der Waals surface area contributed by atoms with Crippen molar-refractivity contribution in [2.75, 3.05) is 36.4 Å². The van der Waals surface area contributed by atoms with Crippen LogP contribution in [0.2, 0.25) is 0 Å². The highest BCUT2D eigenvalue weighted by Gasteiger charge is 2.27. The number of rotatable bonds is 10. The van der Waals surface area contributed by atoms with Gasteiger partial charge in [-0.15, -0.1) is 0 Å². The number of nitrogens with zero attached hydrogens (tertiary/aromatic N) is 2. The fourth-order valence-corrected chi connectivity index (χ4v) is 3.60. The number of alkyl halides is 2. The molecule has 2 heterocycles. The first kappa shape index (κ1) is 23.7. The maximum Gasteiger partial charge on any atom is 0.255 e. The minimum Gasteiger partial charge on any atom is -0.489 e. The molecule has 2 unspecified atom stereocenters. The van der Waals surface area contributed by atoms with E-state index in [4.69, 9.17) is 4.74 Å². The van der Waals surface area contributed by atoms with E-state index in [2.05, 4.69) is 15.6 Å². The molecule has 1 aromatic carbocycles. The van der Waals surface area contributed by atoms with E-state index >= 15 is 0 Å². The smallest absolute Gasteiger partial charge is 0.255 e. The zero-order valence-electron chi connectivity index (χ0n) is 18.3. The number of hydrogen-bond acceptors (Lipinski definition) is 5. The molecule has 1 aromatic heterocycles. The van der Waals surface area contributed by atoms with Crippen molar-refractivity contribution in [1.29, 1.82) is 0 Å². The predicted molar refractivity (Wildman–Crippen MR) is 118 cm³/mol. The van der Waals surface area contributed by atoms with Crippen LogP contribution < -0.4 is 20.3 Å². The van der Waals surface area contributed by atoms with Crippen LogP contribution in [0, 0.1) is 5.82 Å². The summed E-state index contributed by atoms with van der Waals surface area (Å²) in [6.07, 6.45) is 0.540. The first-order valence-corrected chi connectivity index (χ1v) is 10.8. The van der Waals surface area contributed by atoms with Crippen LogP contribution in [-0.4, -0.2) is 49.6 Å². The molecule has 0 radical (unpaired) electrons. The molecule has 1 saturated heterocycles. The number of carbonyl (C=O) groups excluding carboxylic acids is 1. The molecule has 6 nitrogen and oxygen atoms in total. The predicted octanol–water partition coefficient (Wildman–Crippen LogP) is 4.19. The summed E-state index contributed by atoms with van der Waals surface area (Å²) in [5.74, 6) is -0.449. The summed E-state index contributed by atoms with van der Waals surface area (Å²) in [5, 5.41) is 5.23. The Hall–Kier alpha value is -2.97. The summed E-state index contributed by atoms with van der Waals surface area (Å²) in [4.78, 5) is 18.0. The maximum absolute atomic E-state index is 14.8. The molecule has 1 aliphatic rings. The number of pyridine rings is 1. The molecule has 1 amide bonds. The van der Waals surface area contributed by atoms with Crippen LogP contribution >= 0.6 is 0 Å². The Morgan fingerprint density at radius 1 is 1.28 bits per heavy atom. The minimum atomic E-state index is -2.58. The van der Waals surface area contributed by atoms with Crippen LogP contribution in [0.1, 0.15) is 38.2 Å².